The predicted octanol–water partition coefficient (Wildman–Crippen LogP) is 2.63. The number of thiazole rings is 1. The summed E-state index contributed by atoms with van der Waals surface area (Å²) in [4.78, 5) is 4.59. The van der Waals surface area contributed by atoms with Gasteiger partial charge in [-0.3, -0.25) is 0 Å². The molecule has 1 saturated heterocycles. The van der Waals surface area contributed by atoms with E-state index in [1.807, 2.05) is 25.1 Å². The Hall–Kier alpha value is -0.970. The molecule has 4 heteroatoms. The summed E-state index contributed by atoms with van der Waals surface area (Å²) in [5, 5.41) is 11.6. The fraction of sp³-hybridized carbons (Fsp3) is 0.500. The van der Waals surface area contributed by atoms with E-state index in [1.54, 1.807) is 11.3 Å². The van der Waals surface area contributed by atoms with Crippen molar-refractivity contribution in [2.24, 2.45) is 5.92 Å². The molecule has 0 spiro atoms. The third-order valence-corrected chi connectivity index (χ3v) is 4.69. The first-order valence-electron chi connectivity index (χ1n) is 6.30. The first-order valence-corrected chi connectivity index (χ1v) is 7.11. The number of fused-ring (bicyclic) bond motifs is 1. The first-order chi connectivity index (χ1) is 8.65. The van der Waals surface area contributed by atoms with E-state index in [9.17, 15) is 5.11 Å². The highest BCUT2D eigenvalue weighted by Crippen LogP contribution is 2.31. The molecule has 2 heterocycles. The molecule has 0 radical (unpaired) electrons. The lowest BCUT2D eigenvalue weighted by Crippen LogP contribution is -2.37. The molecule has 1 N–H and O–H groups in total. The van der Waals surface area contributed by atoms with Gasteiger partial charge < -0.3 is 9.84 Å². The van der Waals surface area contributed by atoms with Crippen molar-refractivity contribution in [3.8, 4) is 0 Å². The zero-order valence-corrected chi connectivity index (χ0v) is 11.2. The summed E-state index contributed by atoms with van der Waals surface area (Å²) < 4.78 is 6.55. The fourth-order valence-corrected chi connectivity index (χ4v) is 3.60. The number of hydrogen-bond donors (Lipinski definition) is 1. The Balaban J connectivity index is 1.82. The van der Waals surface area contributed by atoms with Crippen LogP contribution in [0.1, 0.15) is 18.4 Å². The number of ether oxygens (including phenoxy) is 1. The topological polar surface area (TPSA) is 42.4 Å². The summed E-state index contributed by atoms with van der Waals surface area (Å²) in [6.45, 7) is 3.33. The molecular formula is C14H17NO2S. The molecule has 18 heavy (non-hydrogen) atoms. The van der Waals surface area contributed by atoms with Crippen molar-refractivity contribution in [3.63, 3.8) is 0 Å². The van der Waals surface area contributed by atoms with E-state index in [4.69, 9.17) is 4.74 Å². The van der Waals surface area contributed by atoms with Crippen molar-refractivity contribution in [2.45, 2.75) is 25.4 Å². The maximum Gasteiger partial charge on any atom is 0.0967 e. The summed E-state index contributed by atoms with van der Waals surface area (Å²) in [5.41, 5.74) is 0.306. The summed E-state index contributed by atoms with van der Waals surface area (Å²) >= 11 is 1.67. The molecule has 0 amide bonds. The quantitative estimate of drug-likeness (QED) is 0.925. The largest absolute Gasteiger partial charge is 0.389 e. The van der Waals surface area contributed by atoms with Gasteiger partial charge >= 0.3 is 0 Å². The van der Waals surface area contributed by atoms with Crippen molar-refractivity contribution < 1.29 is 9.84 Å². The van der Waals surface area contributed by atoms with Crippen LogP contribution in [0.25, 0.3) is 10.2 Å². The van der Waals surface area contributed by atoms with Crippen molar-refractivity contribution in [1.82, 2.24) is 4.98 Å². The van der Waals surface area contributed by atoms with Gasteiger partial charge in [0.2, 0.25) is 0 Å². The third kappa shape index (κ3) is 2.28. The number of rotatable bonds is 3. The van der Waals surface area contributed by atoms with Crippen LogP contribution in [-0.2, 0) is 11.2 Å². The normalized spacial score (nSPS) is 23.3. The van der Waals surface area contributed by atoms with Crippen LogP contribution < -0.4 is 0 Å². The molecule has 1 aliphatic rings. The van der Waals surface area contributed by atoms with Gasteiger partial charge in [-0.15, -0.1) is 11.3 Å². The molecule has 3 rings (SSSR count). The summed E-state index contributed by atoms with van der Waals surface area (Å²) in [6, 6.07) is 8.11. The van der Waals surface area contributed by atoms with Crippen LogP contribution in [0, 0.1) is 5.92 Å². The zero-order chi connectivity index (χ0) is 12.6. The van der Waals surface area contributed by atoms with Crippen molar-refractivity contribution in [1.29, 1.82) is 0 Å². The number of nitrogens with zero attached hydrogens (tertiary/aromatic N) is 1. The van der Waals surface area contributed by atoms with Crippen LogP contribution in [0.3, 0.4) is 0 Å². The maximum absolute atomic E-state index is 10.6. The van der Waals surface area contributed by atoms with Crippen LogP contribution >= 0.6 is 11.3 Å². The molecule has 96 valence electrons. The number of hydrogen-bond acceptors (Lipinski definition) is 4. The highest BCUT2D eigenvalue weighted by molar-refractivity contribution is 7.18. The van der Waals surface area contributed by atoms with Gasteiger partial charge in [-0.2, -0.15) is 0 Å². The minimum absolute atomic E-state index is 0.226. The van der Waals surface area contributed by atoms with E-state index in [1.165, 1.54) is 4.70 Å². The Morgan fingerprint density at radius 3 is 3.06 bits per heavy atom. The van der Waals surface area contributed by atoms with Crippen LogP contribution in [-0.4, -0.2) is 28.9 Å². The highest BCUT2D eigenvalue weighted by atomic mass is 32.1. The van der Waals surface area contributed by atoms with Gasteiger partial charge in [-0.1, -0.05) is 12.1 Å². The lowest BCUT2D eigenvalue weighted by molar-refractivity contribution is -0.00453. The Bertz CT molecular complexity index is 510. The van der Waals surface area contributed by atoms with Gasteiger partial charge in [0.1, 0.15) is 0 Å². The second-order valence-corrected chi connectivity index (χ2v) is 6.28. The van der Waals surface area contributed by atoms with E-state index in [0.717, 1.165) is 23.6 Å². The molecule has 2 unspecified atom stereocenters. The second kappa shape index (κ2) is 4.61. The predicted molar refractivity (Wildman–Crippen MR) is 72.9 cm³/mol. The van der Waals surface area contributed by atoms with Crippen LogP contribution in [0.5, 0.6) is 0 Å². The molecule has 0 saturated carbocycles. The molecule has 2 atom stereocenters. The highest BCUT2D eigenvalue weighted by Gasteiger charge is 2.35. The van der Waals surface area contributed by atoms with Crippen molar-refractivity contribution in [3.05, 3.63) is 29.3 Å². The molecule has 1 aromatic heterocycles. The van der Waals surface area contributed by atoms with Crippen LogP contribution in [0.2, 0.25) is 0 Å². The van der Waals surface area contributed by atoms with Gasteiger partial charge in [-0.25, -0.2) is 4.98 Å². The van der Waals surface area contributed by atoms with Gasteiger partial charge in [0.15, 0.2) is 0 Å². The van der Waals surface area contributed by atoms with E-state index >= 15 is 0 Å². The third-order valence-electron chi connectivity index (χ3n) is 3.66. The summed E-state index contributed by atoms with van der Waals surface area (Å²) in [5.74, 6) is 0.226. The SMILES string of the molecule is CC(O)(Cc1nc2ccccc2s1)C1CCOC1. The molecule has 0 bridgehead atoms. The van der Waals surface area contributed by atoms with E-state index in [2.05, 4.69) is 11.1 Å². The lowest BCUT2D eigenvalue weighted by atomic mass is 9.86. The molecule has 1 fully saturated rings. The monoisotopic (exact) mass is 263 g/mol. The summed E-state index contributed by atoms with van der Waals surface area (Å²) in [6.07, 6.45) is 1.55. The number of aromatic nitrogens is 1. The second-order valence-electron chi connectivity index (χ2n) is 5.17. The maximum atomic E-state index is 10.6. The number of benzene rings is 1. The average Bonchev–Trinajstić information content (AvgIpc) is 2.96. The van der Waals surface area contributed by atoms with Gasteiger partial charge in [0, 0.05) is 18.9 Å². The molecular weight excluding hydrogens is 246 g/mol. The lowest BCUT2D eigenvalue weighted by Gasteiger charge is -2.28. The standard InChI is InChI=1S/C14H17NO2S/c1-14(16,10-6-7-17-9-10)8-13-15-11-4-2-3-5-12(11)18-13/h2-5,10,16H,6-9H2,1H3. The number of aliphatic hydroxyl groups is 1. The Labute approximate surface area is 110 Å². The minimum Gasteiger partial charge on any atom is -0.389 e. The summed E-state index contributed by atoms with van der Waals surface area (Å²) in [7, 11) is 0. The van der Waals surface area contributed by atoms with Crippen molar-refractivity contribution >= 4 is 21.6 Å². The average molecular weight is 263 g/mol. The van der Waals surface area contributed by atoms with Crippen LogP contribution in [0.4, 0.5) is 0 Å². The van der Waals surface area contributed by atoms with Gasteiger partial charge in [-0.05, 0) is 25.5 Å². The zero-order valence-electron chi connectivity index (χ0n) is 10.4. The van der Waals surface area contributed by atoms with E-state index in [0.29, 0.717) is 13.0 Å². The Morgan fingerprint density at radius 2 is 2.33 bits per heavy atom. The van der Waals surface area contributed by atoms with Gasteiger partial charge in [0.05, 0.1) is 27.4 Å². The van der Waals surface area contributed by atoms with E-state index in [-0.39, 0.29) is 5.92 Å². The molecule has 1 aliphatic heterocycles. The van der Waals surface area contributed by atoms with E-state index < -0.39 is 5.60 Å². The van der Waals surface area contributed by atoms with Crippen LogP contribution in [0.15, 0.2) is 24.3 Å². The molecule has 2 aromatic rings. The molecule has 1 aromatic carbocycles. The smallest absolute Gasteiger partial charge is 0.0967 e. The molecule has 0 aliphatic carbocycles. The van der Waals surface area contributed by atoms with Gasteiger partial charge in [0.25, 0.3) is 0 Å². The Morgan fingerprint density at radius 1 is 1.50 bits per heavy atom. The fourth-order valence-electron chi connectivity index (χ4n) is 2.47. The first kappa shape index (κ1) is 12.1. The molecule has 3 nitrogen and oxygen atoms in total. The van der Waals surface area contributed by atoms with Crippen molar-refractivity contribution in [2.75, 3.05) is 13.2 Å². The number of para-hydroxylation sites is 1. The Kier molecular flexibility index (Phi) is 3.09. The minimum atomic E-state index is -0.718.